The van der Waals surface area contributed by atoms with Crippen LogP contribution in [0.2, 0.25) is 0 Å². The molecule has 3 aromatic carbocycles. The molecule has 1 N–H and O–H groups in total. The van der Waals surface area contributed by atoms with Gasteiger partial charge in [0.1, 0.15) is 12.3 Å². The summed E-state index contributed by atoms with van der Waals surface area (Å²) in [5.74, 6) is 0.575. The summed E-state index contributed by atoms with van der Waals surface area (Å²) in [7, 11) is -4.74. The summed E-state index contributed by atoms with van der Waals surface area (Å²) in [4.78, 5) is 13.2. The zero-order chi connectivity index (χ0) is 28.8. The van der Waals surface area contributed by atoms with Gasteiger partial charge in [0.05, 0.1) is 42.3 Å². The van der Waals surface area contributed by atoms with E-state index in [1.54, 1.807) is 43.3 Å². The molecule has 1 atom stereocenters. The molecule has 0 aliphatic heterocycles. The number of hydrogen-bond acceptors (Lipinski definition) is 8. The number of amides is 1. The highest BCUT2D eigenvalue weighted by Crippen LogP contribution is 2.32. The number of carbonyl (C=O) groups excluding carboxylic acids is 1. The molecule has 0 radical (unpaired) electrons. The van der Waals surface area contributed by atoms with Gasteiger partial charge in [-0.3, -0.25) is 9.10 Å². The summed E-state index contributed by atoms with van der Waals surface area (Å²) in [6.45, 7) is 3.48. The Morgan fingerprint density at radius 3 is 2.00 bits per heavy atom. The predicted molar refractivity (Wildman–Crippen MR) is 148 cm³/mol. The van der Waals surface area contributed by atoms with Gasteiger partial charge in [0, 0.05) is 12.3 Å². The van der Waals surface area contributed by atoms with Crippen LogP contribution in [0.3, 0.4) is 0 Å². The molecule has 3 aromatic rings. The minimum absolute atomic E-state index is 0.0914. The second-order valence-electron chi connectivity index (χ2n) is 8.59. The number of benzene rings is 3. The number of anilines is 1. The molecule has 0 saturated carbocycles. The maximum absolute atomic E-state index is 13.8. The molecular formula is C27H32N2O8S2. The van der Waals surface area contributed by atoms with Crippen molar-refractivity contribution in [3.8, 4) is 17.2 Å². The van der Waals surface area contributed by atoms with Crippen LogP contribution >= 0.6 is 0 Å². The average molecular weight is 577 g/mol. The lowest BCUT2D eigenvalue weighted by Crippen LogP contribution is -2.41. The van der Waals surface area contributed by atoms with Gasteiger partial charge in [-0.2, -0.15) is 0 Å². The van der Waals surface area contributed by atoms with E-state index in [1.165, 1.54) is 44.6 Å². The summed E-state index contributed by atoms with van der Waals surface area (Å²) in [5, 5.41) is 2.79. The molecule has 0 unspecified atom stereocenters. The van der Waals surface area contributed by atoms with Crippen LogP contribution in [0.25, 0.3) is 0 Å². The minimum Gasteiger partial charge on any atom is -0.494 e. The van der Waals surface area contributed by atoms with E-state index in [4.69, 9.17) is 14.2 Å². The van der Waals surface area contributed by atoms with Crippen molar-refractivity contribution in [2.45, 2.75) is 29.7 Å². The predicted octanol–water partition coefficient (Wildman–Crippen LogP) is 3.58. The first kappa shape index (κ1) is 29.8. The number of hydrogen-bond donors (Lipinski definition) is 1. The van der Waals surface area contributed by atoms with Crippen molar-refractivity contribution in [2.75, 3.05) is 37.9 Å². The van der Waals surface area contributed by atoms with Gasteiger partial charge in [-0.05, 0) is 67.9 Å². The molecular weight excluding hydrogens is 544 g/mol. The number of sulfone groups is 1. The quantitative estimate of drug-likeness (QED) is 0.347. The molecule has 10 nitrogen and oxygen atoms in total. The number of methoxy groups -OCH3 is 2. The molecule has 0 saturated heterocycles. The van der Waals surface area contributed by atoms with Crippen LogP contribution in [-0.4, -0.2) is 56.4 Å². The molecule has 39 heavy (non-hydrogen) atoms. The highest BCUT2D eigenvalue weighted by atomic mass is 32.2. The van der Waals surface area contributed by atoms with E-state index in [9.17, 15) is 21.6 Å². The van der Waals surface area contributed by atoms with Crippen molar-refractivity contribution in [1.82, 2.24) is 5.32 Å². The normalized spacial score (nSPS) is 12.3. The van der Waals surface area contributed by atoms with E-state index in [0.717, 1.165) is 10.6 Å². The maximum Gasteiger partial charge on any atom is 0.264 e. The molecule has 0 aromatic heterocycles. The summed E-state index contributed by atoms with van der Waals surface area (Å²) in [6.07, 6.45) is 1.11. The first-order valence-corrected chi connectivity index (χ1v) is 15.3. The molecule has 1 amide bonds. The molecule has 0 bridgehead atoms. The third kappa shape index (κ3) is 7.21. The van der Waals surface area contributed by atoms with Gasteiger partial charge in [0.2, 0.25) is 5.91 Å². The van der Waals surface area contributed by atoms with Crippen LogP contribution in [0, 0.1) is 0 Å². The Bertz CT molecular complexity index is 1500. The van der Waals surface area contributed by atoms with E-state index in [2.05, 4.69) is 5.32 Å². The van der Waals surface area contributed by atoms with Crippen molar-refractivity contribution in [3.63, 3.8) is 0 Å². The van der Waals surface area contributed by atoms with Crippen molar-refractivity contribution in [2.24, 2.45) is 0 Å². The second-order valence-corrected chi connectivity index (χ2v) is 12.5. The van der Waals surface area contributed by atoms with Gasteiger partial charge < -0.3 is 19.5 Å². The fraction of sp³-hybridized carbons (Fsp3) is 0.296. The molecule has 0 aliphatic rings. The van der Waals surface area contributed by atoms with Crippen molar-refractivity contribution in [1.29, 1.82) is 0 Å². The Balaban J connectivity index is 1.92. The topological polar surface area (TPSA) is 128 Å². The molecule has 3 rings (SSSR count). The highest BCUT2D eigenvalue weighted by molar-refractivity contribution is 7.93. The summed E-state index contributed by atoms with van der Waals surface area (Å²) in [5.41, 5.74) is 0.916. The Kier molecular flexibility index (Phi) is 9.46. The van der Waals surface area contributed by atoms with Gasteiger partial charge in [0.25, 0.3) is 10.0 Å². The van der Waals surface area contributed by atoms with E-state index in [0.29, 0.717) is 23.7 Å². The van der Waals surface area contributed by atoms with Crippen LogP contribution in [0.4, 0.5) is 5.69 Å². The van der Waals surface area contributed by atoms with E-state index in [-0.39, 0.29) is 21.2 Å². The minimum atomic E-state index is -4.22. The summed E-state index contributed by atoms with van der Waals surface area (Å²) >= 11 is 0. The zero-order valence-corrected chi connectivity index (χ0v) is 24.0. The fourth-order valence-electron chi connectivity index (χ4n) is 3.80. The van der Waals surface area contributed by atoms with Gasteiger partial charge in [-0.1, -0.05) is 12.1 Å². The number of rotatable bonds is 12. The SMILES string of the molecule is CCOc1ccc(N(CC(=O)N[C@@H](C)c2ccc(S(C)(=O)=O)cc2)S(=O)(=O)c2ccc(OC)c(OC)c2)cc1. The largest absolute Gasteiger partial charge is 0.494 e. The number of ether oxygens (including phenoxy) is 3. The van der Waals surface area contributed by atoms with E-state index < -0.39 is 38.4 Å². The van der Waals surface area contributed by atoms with E-state index in [1.807, 2.05) is 6.92 Å². The molecule has 0 heterocycles. The van der Waals surface area contributed by atoms with Gasteiger partial charge >= 0.3 is 0 Å². The number of nitrogens with zero attached hydrogens (tertiary/aromatic N) is 1. The fourth-order valence-corrected chi connectivity index (χ4v) is 5.87. The van der Waals surface area contributed by atoms with Gasteiger partial charge in [-0.15, -0.1) is 0 Å². The molecule has 0 aliphatic carbocycles. The average Bonchev–Trinajstić information content (AvgIpc) is 2.91. The maximum atomic E-state index is 13.8. The number of carbonyl (C=O) groups is 1. The number of nitrogens with one attached hydrogen (secondary N) is 1. The monoisotopic (exact) mass is 576 g/mol. The van der Waals surface area contributed by atoms with Crippen LogP contribution in [0.15, 0.2) is 76.5 Å². The molecule has 0 fully saturated rings. The van der Waals surface area contributed by atoms with Crippen molar-refractivity contribution < 1.29 is 35.8 Å². The lowest BCUT2D eigenvalue weighted by molar-refractivity contribution is -0.120. The second kappa shape index (κ2) is 12.4. The zero-order valence-electron chi connectivity index (χ0n) is 22.4. The lowest BCUT2D eigenvalue weighted by atomic mass is 10.1. The van der Waals surface area contributed by atoms with Crippen LogP contribution < -0.4 is 23.8 Å². The Hall–Kier alpha value is -3.77. The third-order valence-corrected chi connectivity index (χ3v) is 8.75. The van der Waals surface area contributed by atoms with Gasteiger partial charge in [-0.25, -0.2) is 16.8 Å². The third-order valence-electron chi connectivity index (χ3n) is 5.85. The van der Waals surface area contributed by atoms with Crippen LogP contribution in [0.1, 0.15) is 25.5 Å². The molecule has 210 valence electrons. The first-order valence-electron chi connectivity index (χ1n) is 12.0. The Morgan fingerprint density at radius 2 is 1.46 bits per heavy atom. The Morgan fingerprint density at radius 1 is 0.872 bits per heavy atom. The van der Waals surface area contributed by atoms with Crippen molar-refractivity contribution in [3.05, 3.63) is 72.3 Å². The van der Waals surface area contributed by atoms with Crippen molar-refractivity contribution >= 4 is 31.5 Å². The highest BCUT2D eigenvalue weighted by Gasteiger charge is 2.29. The molecule has 12 heteroatoms. The Labute approximate surface area is 229 Å². The molecule has 0 spiro atoms. The lowest BCUT2D eigenvalue weighted by Gasteiger charge is -2.25. The smallest absolute Gasteiger partial charge is 0.264 e. The summed E-state index contributed by atoms with van der Waals surface area (Å²) in [6, 6.07) is 16.2. The van der Waals surface area contributed by atoms with Gasteiger partial charge in [0.15, 0.2) is 21.3 Å². The van der Waals surface area contributed by atoms with Crippen LogP contribution in [-0.2, 0) is 24.7 Å². The number of sulfonamides is 1. The van der Waals surface area contributed by atoms with Crippen LogP contribution in [0.5, 0.6) is 17.2 Å². The first-order chi connectivity index (χ1) is 18.4. The standard InChI is InChI=1S/C27H32N2O8S2/c1-6-37-22-11-9-21(10-12-22)29(39(33,34)24-15-16-25(35-3)26(17-24)36-4)18-27(30)28-19(2)20-7-13-23(14-8-20)38(5,31)32/h7-17,19H,6,18H2,1-5H3,(H,28,30)/t19-/m0/s1. The van der Waals surface area contributed by atoms with E-state index >= 15 is 0 Å². The summed E-state index contributed by atoms with van der Waals surface area (Å²) < 4.78 is 68.0.